The molecule has 19 heavy (non-hydrogen) atoms. The van der Waals surface area contributed by atoms with Crippen molar-refractivity contribution in [2.24, 2.45) is 16.3 Å². The Balaban J connectivity index is 2.79. The van der Waals surface area contributed by atoms with Crippen molar-refractivity contribution in [3.05, 3.63) is 35.1 Å². The van der Waals surface area contributed by atoms with Crippen LogP contribution in [0.5, 0.6) is 0 Å². The van der Waals surface area contributed by atoms with Gasteiger partial charge in [-0.15, -0.1) is 0 Å². The summed E-state index contributed by atoms with van der Waals surface area (Å²) < 4.78 is 13.2. The summed E-state index contributed by atoms with van der Waals surface area (Å²) in [4.78, 5) is 0. The molecule has 0 heterocycles. The third kappa shape index (κ3) is 4.52. The predicted molar refractivity (Wildman–Crippen MR) is 74.7 cm³/mol. The van der Waals surface area contributed by atoms with Crippen LogP contribution in [0.15, 0.2) is 23.4 Å². The van der Waals surface area contributed by atoms with Gasteiger partial charge in [0.2, 0.25) is 0 Å². The molecular weight excluding hydrogens is 245 g/mol. The molecule has 0 aliphatic heterocycles. The van der Waals surface area contributed by atoms with E-state index in [0.717, 1.165) is 18.5 Å². The Morgan fingerprint density at radius 2 is 2.16 bits per heavy atom. The van der Waals surface area contributed by atoms with Crippen molar-refractivity contribution in [1.82, 2.24) is 5.32 Å². The quantitative estimate of drug-likeness (QED) is 0.321. The summed E-state index contributed by atoms with van der Waals surface area (Å²) in [6.45, 7) is 7.89. The summed E-state index contributed by atoms with van der Waals surface area (Å²) in [5, 5.41) is 15.0. The molecule has 0 amide bonds. The number of nitrogens with zero attached hydrogens (tertiary/aromatic N) is 1. The summed E-state index contributed by atoms with van der Waals surface area (Å²) in [6, 6.07) is 4.29. The van der Waals surface area contributed by atoms with Crippen molar-refractivity contribution in [2.45, 2.75) is 33.7 Å². The maximum atomic E-state index is 13.2. The molecule has 1 aromatic rings. The molecule has 0 aliphatic carbocycles. The molecule has 4 N–H and O–H groups in total. The van der Waals surface area contributed by atoms with Crippen molar-refractivity contribution in [1.29, 1.82) is 0 Å². The Bertz CT molecular complexity index is 458. The molecule has 5 heteroatoms. The summed E-state index contributed by atoms with van der Waals surface area (Å²) >= 11 is 0. The fourth-order valence-corrected chi connectivity index (χ4v) is 1.66. The Labute approximate surface area is 113 Å². The Morgan fingerprint density at radius 1 is 1.47 bits per heavy atom. The topological polar surface area (TPSA) is 70.6 Å². The first-order chi connectivity index (χ1) is 8.89. The molecule has 0 fully saturated rings. The van der Waals surface area contributed by atoms with Gasteiger partial charge in [-0.2, -0.15) is 0 Å². The molecule has 0 unspecified atom stereocenters. The van der Waals surface area contributed by atoms with Gasteiger partial charge in [0.05, 0.1) is 0 Å². The lowest BCUT2D eigenvalue weighted by atomic mass is 9.90. The Kier molecular flexibility index (Phi) is 5.30. The fourth-order valence-electron chi connectivity index (χ4n) is 1.66. The smallest absolute Gasteiger partial charge is 0.170 e. The third-order valence-electron chi connectivity index (χ3n) is 3.33. The summed E-state index contributed by atoms with van der Waals surface area (Å²) in [6.07, 6.45) is 1.07. The molecule has 0 aliphatic rings. The zero-order chi connectivity index (χ0) is 14.5. The molecule has 0 atom stereocenters. The van der Waals surface area contributed by atoms with Gasteiger partial charge >= 0.3 is 0 Å². The second kappa shape index (κ2) is 6.52. The predicted octanol–water partition coefficient (Wildman–Crippen LogP) is 2.45. The molecule has 0 saturated heterocycles. The van der Waals surface area contributed by atoms with E-state index in [1.54, 1.807) is 6.07 Å². The summed E-state index contributed by atoms with van der Waals surface area (Å²) in [5.41, 5.74) is 6.99. The van der Waals surface area contributed by atoms with Crippen LogP contribution in [0, 0.1) is 11.2 Å². The minimum atomic E-state index is -0.403. The van der Waals surface area contributed by atoms with Crippen LogP contribution in [0.1, 0.15) is 38.3 Å². The summed E-state index contributed by atoms with van der Waals surface area (Å²) in [5.74, 6) is -0.481. The van der Waals surface area contributed by atoms with Crippen LogP contribution in [0.2, 0.25) is 0 Å². The van der Waals surface area contributed by atoms with Crippen molar-refractivity contribution >= 4 is 5.84 Å². The monoisotopic (exact) mass is 267 g/mol. The van der Waals surface area contributed by atoms with E-state index in [1.807, 2.05) is 0 Å². The first-order valence-corrected chi connectivity index (χ1v) is 6.36. The van der Waals surface area contributed by atoms with Gasteiger partial charge in [-0.05, 0) is 29.5 Å². The van der Waals surface area contributed by atoms with E-state index in [1.165, 1.54) is 12.1 Å². The fraction of sp³-hybridized carbons (Fsp3) is 0.500. The lowest BCUT2D eigenvalue weighted by molar-refractivity contribution is 0.318. The lowest BCUT2D eigenvalue weighted by Gasteiger charge is -2.23. The van der Waals surface area contributed by atoms with Crippen LogP contribution in [0.3, 0.4) is 0 Å². The standard InChI is InChI=1S/C14H22FN3O/c1-4-14(2,3)9-17-8-10-5-6-11(15)7-12(10)13(16)18-19/h5-7,17,19H,4,8-9H2,1-3H3,(H2,16,18). The number of rotatable bonds is 6. The minimum Gasteiger partial charge on any atom is -0.409 e. The first kappa shape index (κ1) is 15.4. The molecular formula is C14H22FN3O. The largest absolute Gasteiger partial charge is 0.409 e. The average molecular weight is 267 g/mol. The van der Waals surface area contributed by atoms with E-state index >= 15 is 0 Å². The molecule has 1 rings (SSSR count). The highest BCUT2D eigenvalue weighted by molar-refractivity contribution is 5.98. The van der Waals surface area contributed by atoms with Gasteiger partial charge in [-0.1, -0.05) is 32.0 Å². The number of hydrogen-bond acceptors (Lipinski definition) is 3. The van der Waals surface area contributed by atoms with E-state index in [0.29, 0.717) is 12.1 Å². The SMILES string of the molecule is CCC(C)(C)CNCc1ccc(F)cc1/C(N)=N/O. The zero-order valence-corrected chi connectivity index (χ0v) is 11.7. The number of oxime groups is 1. The highest BCUT2D eigenvalue weighted by atomic mass is 19.1. The number of hydrogen-bond donors (Lipinski definition) is 3. The van der Waals surface area contributed by atoms with Crippen LogP contribution in [-0.4, -0.2) is 17.6 Å². The second-order valence-corrected chi connectivity index (χ2v) is 5.41. The van der Waals surface area contributed by atoms with Crippen molar-refractivity contribution in [2.75, 3.05) is 6.54 Å². The average Bonchev–Trinajstić information content (AvgIpc) is 2.39. The van der Waals surface area contributed by atoms with Crippen LogP contribution >= 0.6 is 0 Å². The van der Waals surface area contributed by atoms with E-state index in [-0.39, 0.29) is 11.3 Å². The minimum absolute atomic E-state index is 0.0777. The molecule has 106 valence electrons. The molecule has 0 radical (unpaired) electrons. The zero-order valence-electron chi connectivity index (χ0n) is 11.7. The highest BCUT2D eigenvalue weighted by Crippen LogP contribution is 2.18. The Morgan fingerprint density at radius 3 is 2.74 bits per heavy atom. The molecule has 0 saturated carbocycles. The van der Waals surface area contributed by atoms with Crippen molar-refractivity contribution in [3.63, 3.8) is 0 Å². The van der Waals surface area contributed by atoms with Gasteiger partial charge in [0.1, 0.15) is 5.82 Å². The number of halogens is 1. The van der Waals surface area contributed by atoms with Crippen LogP contribution in [-0.2, 0) is 6.54 Å². The molecule has 0 spiro atoms. The number of benzene rings is 1. The normalized spacial score (nSPS) is 12.7. The van der Waals surface area contributed by atoms with Crippen molar-refractivity contribution < 1.29 is 9.60 Å². The number of amidine groups is 1. The van der Waals surface area contributed by atoms with Gasteiger partial charge < -0.3 is 16.3 Å². The molecule has 0 aromatic heterocycles. The maximum absolute atomic E-state index is 13.2. The first-order valence-electron chi connectivity index (χ1n) is 6.36. The van der Waals surface area contributed by atoms with Crippen LogP contribution in [0.25, 0.3) is 0 Å². The number of nitrogens with one attached hydrogen (secondary N) is 1. The van der Waals surface area contributed by atoms with Gasteiger partial charge in [0, 0.05) is 18.7 Å². The Hall–Kier alpha value is -1.62. The third-order valence-corrected chi connectivity index (χ3v) is 3.33. The second-order valence-electron chi connectivity index (χ2n) is 5.41. The van der Waals surface area contributed by atoms with Gasteiger partial charge in [-0.3, -0.25) is 0 Å². The van der Waals surface area contributed by atoms with E-state index in [2.05, 4.69) is 31.2 Å². The van der Waals surface area contributed by atoms with E-state index < -0.39 is 5.82 Å². The highest BCUT2D eigenvalue weighted by Gasteiger charge is 2.15. The lowest BCUT2D eigenvalue weighted by Crippen LogP contribution is -2.29. The van der Waals surface area contributed by atoms with Gasteiger partial charge in [0.15, 0.2) is 5.84 Å². The van der Waals surface area contributed by atoms with E-state index in [9.17, 15) is 4.39 Å². The summed E-state index contributed by atoms with van der Waals surface area (Å²) in [7, 11) is 0. The van der Waals surface area contributed by atoms with Crippen LogP contribution < -0.4 is 11.1 Å². The molecule has 1 aromatic carbocycles. The maximum Gasteiger partial charge on any atom is 0.170 e. The molecule has 4 nitrogen and oxygen atoms in total. The van der Waals surface area contributed by atoms with Crippen molar-refractivity contribution in [3.8, 4) is 0 Å². The van der Waals surface area contributed by atoms with Gasteiger partial charge in [0.25, 0.3) is 0 Å². The van der Waals surface area contributed by atoms with Gasteiger partial charge in [-0.25, -0.2) is 4.39 Å². The van der Waals surface area contributed by atoms with E-state index in [4.69, 9.17) is 10.9 Å². The molecule has 0 bridgehead atoms. The number of nitrogens with two attached hydrogens (primary N) is 1. The van der Waals surface area contributed by atoms with Crippen LogP contribution in [0.4, 0.5) is 4.39 Å².